The van der Waals surface area contributed by atoms with Gasteiger partial charge in [0, 0.05) is 17.7 Å². The Bertz CT molecular complexity index is 591. The van der Waals surface area contributed by atoms with Crippen LogP contribution in [0.4, 0.5) is 18.9 Å². The number of halogens is 3. The normalized spacial score (nSPS) is 12.5. The molecule has 98 valence electrons. The minimum Gasteiger partial charge on any atom is -0.618 e. The Labute approximate surface area is 108 Å². The second-order valence-electron chi connectivity index (χ2n) is 3.91. The molecule has 2 rings (SSSR count). The molecule has 19 heavy (non-hydrogen) atoms. The third kappa shape index (κ3) is 3.34. The van der Waals surface area contributed by atoms with Gasteiger partial charge in [-0.1, -0.05) is 24.3 Å². The van der Waals surface area contributed by atoms with Crippen LogP contribution >= 0.6 is 0 Å². The molecule has 0 heterocycles. The highest BCUT2D eigenvalue weighted by Gasteiger charge is 2.31. The maximum Gasteiger partial charge on any atom is 0.416 e. The highest BCUT2D eigenvalue weighted by atomic mass is 19.4. The minimum absolute atomic E-state index is 0.0568. The molecule has 0 aliphatic carbocycles. The number of alkyl halides is 3. The number of hydrogen-bond donors (Lipinski definition) is 0. The van der Waals surface area contributed by atoms with Crippen LogP contribution in [-0.2, 0) is 6.18 Å². The second-order valence-corrected chi connectivity index (χ2v) is 3.91. The van der Waals surface area contributed by atoms with E-state index in [1.807, 2.05) is 0 Å². The van der Waals surface area contributed by atoms with Crippen LogP contribution in [0.15, 0.2) is 54.6 Å². The zero-order valence-electron chi connectivity index (χ0n) is 9.76. The average molecular weight is 265 g/mol. The van der Waals surface area contributed by atoms with Gasteiger partial charge in [0.25, 0.3) is 0 Å². The average Bonchev–Trinajstić information content (AvgIpc) is 2.39. The topological polar surface area (TPSA) is 26.1 Å². The largest absolute Gasteiger partial charge is 0.618 e. The van der Waals surface area contributed by atoms with Gasteiger partial charge < -0.3 is 5.21 Å². The Morgan fingerprint density at radius 2 is 1.63 bits per heavy atom. The van der Waals surface area contributed by atoms with Gasteiger partial charge in [-0.2, -0.15) is 17.9 Å². The monoisotopic (exact) mass is 265 g/mol. The molecule has 0 saturated carbocycles. The summed E-state index contributed by atoms with van der Waals surface area (Å²) in [6.07, 6.45) is -3.22. The van der Waals surface area contributed by atoms with Crippen LogP contribution in [0.25, 0.3) is 0 Å². The molecule has 2 aromatic carbocycles. The van der Waals surface area contributed by atoms with Crippen molar-refractivity contribution in [2.75, 3.05) is 0 Å². The molecular weight excluding hydrogens is 255 g/mol. The quantitative estimate of drug-likeness (QED) is 0.349. The molecule has 0 aliphatic heterocycles. The fraction of sp³-hybridized carbons (Fsp3) is 0.0714. The summed E-state index contributed by atoms with van der Waals surface area (Å²) in [6.45, 7) is 0. The van der Waals surface area contributed by atoms with Crippen molar-refractivity contribution in [3.8, 4) is 0 Å². The summed E-state index contributed by atoms with van der Waals surface area (Å²) in [7, 11) is 0. The third-order valence-corrected chi connectivity index (χ3v) is 2.49. The highest BCUT2D eigenvalue weighted by molar-refractivity contribution is 5.76. The van der Waals surface area contributed by atoms with E-state index in [0.29, 0.717) is 10.3 Å². The summed E-state index contributed by atoms with van der Waals surface area (Å²) in [5.41, 5.74) is -0.277. The van der Waals surface area contributed by atoms with Crippen LogP contribution in [0, 0.1) is 5.21 Å². The first-order chi connectivity index (χ1) is 8.97. The van der Waals surface area contributed by atoms with Gasteiger partial charge in [0.1, 0.15) is 0 Å². The van der Waals surface area contributed by atoms with Gasteiger partial charge >= 0.3 is 6.18 Å². The van der Waals surface area contributed by atoms with Crippen molar-refractivity contribution < 1.29 is 17.9 Å². The van der Waals surface area contributed by atoms with Gasteiger partial charge in [0.2, 0.25) is 5.69 Å². The SMILES string of the molecule is [O-]/[N+](=C/c1ccccc1)c1cccc(C(F)(F)F)c1. The number of benzene rings is 2. The zero-order valence-corrected chi connectivity index (χ0v) is 9.76. The Kier molecular flexibility index (Phi) is 3.55. The molecule has 0 aromatic heterocycles. The Morgan fingerprint density at radius 1 is 0.947 bits per heavy atom. The van der Waals surface area contributed by atoms with Crippen LogP contribution in [0.3, 0.4) is 0 Å². The molecule has 2 nitrogen and oxygen atoms in total. The lowest BCUT2D eigenvalue weighted by molar-refractivity contribution is -0.354. The summed E-state index contributed by atoms with van der Waals surface area (Å²) in [6, 6.07) is 13.0. The van der Waals surface area contributed by atoms with Crippen LogP contribution in [0.2, 0.25) is 0 Å². The minimum atomic E-state index is -4.45. The van der Waals surface area contributed by atoms with Gasteiger partial charge in [-0.15, -0.1) is 0 Å². The molecule has 0 bridgehead atoms. The van der Waals surface area contributed by atoms with Gasteiger partial charge in [0.05, 0.1) is 5.56 Å². The van der Waals surface area contributed by atoms with Crippen molar-refractivity contribution in [1.29, 1.82) is 0 Å². The molecule has 5 heteroatoms. The van der Waals surface area contributed by atoms with Crippen LogP contribution in [0.1, 0.15) is 11.1 Å². The molecule has 0 amide bonds. The summed E-state index contributed by atoms with van der Waals surface area (Å²) in [5.74, 6) is 0. The predicted molar refractivity (Wildman–Crippen MR) is 66.3 cm³/mol. The van der Waals surface area contributed by atoms with Crippen molar-refractivity contribution in [2.45, 2.75) is 6.18 Å². The van der Waals surface area contributed by atoms with Crippen LogP contribution in [0.5, 0.6) is 0 Å². The Balaban J connectivity index is 2.35. The zero-order chi connectivity index (χ0) is 13.9. The molecule has 0 N–H and O–H groups in total. The van der Waals surface area contributed by atoms with Gasteiger partial charge in [-0.25, -0.2) is 0 Å². The van der Waals surface area contributed by atoms with E-state index in [1.54, 1.807) is 30.3 Å². The molecule has 0 radical (unpaired) electrons. The Hall–Kier alpha value is -2.30. The lowest BCUT2D eigenvalue weighted by Gasteiger charge is -2.08. The van der Waals surface area contributed by atoms with Crippen molar-refractivity contribution in [3.63, 3.8) is 0 Å². The summed E-state index contributed by atoms with van der Waals surface area (Å²) >= 11 is 0. The first-order valence-corrected chi connectivity index (χ1v) is 5.50. The van der Waals surface area contributed by atoms with Crippen molar-refractivity contribution >= 4 is 11.9 Å². The number of nitrogens with zero attached hydrogens (tertiary/aromatic N) is 1. The van der Waals surface area contributed by atoms with Gasteiger partial charge in [-0.05, 0) is 18.2 Å². The van der Waals surface area contributed by atoms with E-state index in [4.69, 9.17) is 0 Å². The molecule has 0 saturated heterocycles. The smallest absolute Gasteiger partial charge is 0.416 e. The molecule has 0 unspecified atom stereocenters. The first kappa shape index (κ1) is 13.1. The van der Waals surface area contributed by atoms with E-state index in [9.17, 15) is 18.4 Å². The molecule has 0 atom stereocenters. The van der Waals surface area contributed by atoms with Crippen LogP contribution < -0.4 is 0 Å². The van der Waals surface area contributed by atoms with Crippen molar-refractivity contribution in [2.24, 2.45) is 0 Å². The lowest BCUT2D eigenvalue weighted by atomic mass is 10.2. The summed E-state index contributed by atoms with van der Waals surface area (Å²) in [5, 5.41) is 11.8. The molecule has 0 aliphatic rings. The van der Waals surface area contributed by atoms with Crippen molar-refractivity contribution in [1.82, 2.24) is 0 Å². The van der Waals surface area contributed by atoms with Crippen LogP contribution in [-0.4, -0.2) is 11.0 Å². The maximum atomic E-state index is 12.5. The van der Waals surface area contributed by atoms with Gasteiger partial charge in [-0.3, -0.25) is 0 Å². The summed E-state index contributed by atoms with van der Waals surface area (Å²) < 4.78 is 38.0. The number of hydrogen-bond acceptors (Lipinski definition) is 1. The van der Waals surface area contributed by atoms with E-state index in [2.05, 4.69) is 0 Å². The Morgan fingerprint density at radius 3 is 2.26 bits per heavy atom. The van der Waals surface area contributed by atoms with Crippen molar-refractivity contribution in [3.05, 3.63) is 70.9 Å². The van der Waals surface area contributed by atoms with E-state index in [1.165, 1.54) is 18.3 Å². The van der Waals surface area contributed by atoms with E-state index >= 15 is 0 Å². The molecule has 0 fully saturated rings. The fourth-order valence-electron chi connectivity index (χ4n) is 1.57. The maximum absolute atomic E-state index is 12.5. The predicted octanol–water partition coefficient (Wildman–Crippen LogP) is 3.97. The fourth-order valence-corrected chi connectivity index (χ4v) is 1.57. The molecular formula is C14H10F3NO. The summed E-state index contributed by atoms with van der Waals surface area (Å²) in [4.78, 5) is 0. The number of rotatable bonds is 2. The third-order valence-electron chi connectivity index (χ3n) is 2.49. The first-order valence-electron chi connectivity index (χ1n) is 5.50. The second kappa shape index (κ2) is 5.14. The molecule has 0 spiro atoms. The lowest BCUT2D eigenvalue weighted by Crippen LogP contribution is -2.06. The molecule has 2 aromatic rings. The van der Waals surface area contributed by atoms with E-state index < -0.39 is 11.7 Å². The van der Waals surface area contributed by atoms with E-state index in [-0.39, 0.29) is 5.69 Å². The highest BCUT2D eigenvalue weighted by Crippen LogP contribution is 2.31. The van der Waals surface area contributed by atoms with Gasteiger partial charge in [0.15, 0.2) is 6.21 Å². The standard InChI is InChI=1S/C14H10F3NO/c15-14(16,17)12-7-4-8-13(9-12)18(19)10-11-5-2-1-3-6-11/h1-10H/b18-10+. The van der Waals surface area contributed by atoms with E-state index in [0.717, 1.165) is 12.1 Å².